The van der Waals surface area contributed by atoms with Crippen molar-refractivity contribution in [2.45, 2.75) is 39.0 Å². The number of unbranched alkanes of at least 4 members (excludes halogenated alkanes) is 1. The van der Waals surface area contributed by atoms with Gasteiger partial charge in [0.15, 0.2) is 0 Å². The van der Waals surface area contributed by atoms with Gasteiger partial charge >= 0.3 is 0 Å². The molecule has 0 amide bonds. The second kappa shape index (κ2) is 7.20. The van der Waals surface area contributed by atoms with E-state index in [-0.39, 0.29) is 5.41 Å². The third-order valence-electron chi connectivity index (χ3n) is 2.70. The molecule has 0 aliphatic heterocycles. The van der Waals surface area contributed by atoms with Crippen LogP contribution in [0.3, 0.4) is 0 Å². The van der Waals surface area contributed by atoms with Gasteiger partial charge in [0, 0.05) is 18.0 Å². The van der Waals surface area contributed by atoms with Crippen LogP contribution >= 0.6 is 15.9 Å². The van der Waals surface area contributed by atoms with Crippen molar-refractivity contribution in [2.75, 3.05) is 32.5 Å². The SMILES string of the molecule is CN(C)CCCCNc1cc(Br)nc(C(C)(C)C)n1. The molecule has 1 aromatic rings. The molecule has 5 heteroatoms. The van der Waals surface area contributed by atoms with Crippen LogP contribution in [0.4, 0.5) is 5.82 Å². The van der Waals surface area contributed by atoms with Gasteiger partial charge in [-0.3, -0.25) is 0 Å². The zero-order chi connectivity index (χ0) is 14.5. The molecule has 1 rings (SSSR count). The Labute approximate surface area is 125 Å². The Morgan fingerprint density at radius 2 is 1.89 bits per heavy atom. The van der Waals surface area contributed by atoms with Crippen LogP contribution < -0.4 is 5.32 Å². The molecule has 19 heavy (non-hydrogen) atoms. The van der Waals surface area contributed by atoms with Crippen LogP contribution in [0.5, 0.6) is 0 Å². The van der Waals surface area contributed by atoms with Gasteiger partial charge in [0.1, 0.15) is 16.2 Å². The van der Waals surface area contributed by atoms with E-state index in [1.54, 1.807) is 0 Å². The predicted octanol–water partition coefficient (Wildman–Crippen LogP) is 3.29. The first-order valence-electron chi connectivity index (χ1n) is 6.72. The van der Waals surface area contributed by atoms with E-state index < -0.39 is 0 Å². The van der Waals surface area contributed by atoms with E-state index in [9.17, 15) is 0 Å². The van der Waals surface area contributed by atoms with Gasteiger partial charge in [0.05, 0.1) is 0 Å². The lowest BCUT2D eigenvalue weighted by atomic mass is 9.96. The minimum Gasteiger partial charge on any atom is -0.370 e. The van der Waals surface area contributed by atoms with Crippen LogP contribution in [0.1, 0.15) is 39.4 Å². The number of anilines is 1. The van der Waals surface area contributed by atoms with Gasteiger partial charge in [-0.2, -0.15) is 0 Å². The Kier molecular flexibility index (Phi) is 6.20. The summed E-state index contributed by atoms with van der Waals surface area (Å²) in [5, 5.41) is 3.37. The van der Waals surface area contributed by atoms with Crippen LogP contribution in [0, 0.1) is 0 Å². The predicted molar refractivity (Wildman–Crippen MR) is 84.7 cm³/mol. The lowest BCUT2D eigenvalue weighted by Gasteiger charge is -2.18. The van der Waals surface area contributed by atoms with Gasteiger partial charge in [-0.15, -0.1) is 0 Å². The van der Waals surface area contributed by atoms with E-state index in [4.69, 9.17) is 0 Å². The smallest absolute Gasteiger partial charge is 0.137 e. The summed E-state index contributed by atoms with van der Waals surface area (Å²) in [6.45, 7) is 8.43. The first-order valence-corrected chi connectivity index (χ1v) is 7.52. The summed E-state index contributed by atoms with van der Waals surface area (Å²) < 4.78 is 0.836. The quantitative estimate of drug-likeness (QED) is 0.642. The highest BCUT2D eigenvalue weighted by Gasteiger charge is 2.18. The van der Waals surface area contributed by atoms with E-state index in [2.05, 4.69) is 71.0 Å². The van der Waals surface area contributed by atoms with Gasteiger partial charge in [-0.1, -0.05) is 20.8 Å². The van der Waals surface area contributed by atoms with Gasteiger partial charge in [0.25, 0.3) is 0 Å². The van der Waals surface area contributed by atoms with E-state index in [1.807, 2.05) is 6.07 Å². The van der Waals surface area contributed by atoms with Gasteiger partial charge in [-0.05, 0) is 49.4 Å². The summed E-state index contributed by atoms with van der Waals surface area (Å²) in [6.07, 6.45) is 2.34. The van der Waals surface area contributed by atoms with Crippen molar-refractivity contribution < 1.29 is 0 Å². The number of aromatic nitrogens is 2. The molecule has 0 unspecified atom stereocenters. The average Bonchev–Trinajstić information content (AvgIpc) is 2.26. The Balaban J connectivity index is 2.52. The third-order valence-corrected chi connectivity index (χ3v) is 3.11. The molecular weight excluding hydrogens is 304 g/mol. The van der Waals surface area contributed by atoms with E-state index in [0.717, 1.165) is 35.8 Å². The molecule has 0 spiro atoms. The summed E-state index contributed by atoms with van der Waals surface area (Å²) >= 11 is 3.45. The van der Waals surface area contributed by atoms with E-state index in [1.165, 1.54) is 6.42 Å². The van der Waals surface area contributed by atoms with Gasteiger partial charge in [-0.25, -0.2) is 9.97 Å². The van der Waals surface area contributed by atoms with Crippen LogP contribution in [0.25, 0.3) is 0 Å². The highest BCUT2D eigenvalue weighted by Crippen LogP contribution is 2.22. The maximum atomic E-state index is 4.57. The second-order valence-corrected chi connectivity index (χ2v) is 6.90. The summed E-state index contributed by atoms with van der Waals surface area (Å²) in [4.78, 5) is 11.2. The van der Waals surface area contributed by atoms with Crippen LogP contribution in [-0.2, 0) is 5.41 Å². The highest BCUT2D eigenvalue weighted by atomic mass is 79.9. The normalized spacial score (nSPS) is 11.9. The van der Waals surface area contributed by atoms with E-state index in [0.29, 0.717) is 0 Å². The molecule has 1 heterocycles. The van der Waals surface area contributed by atoms with Crippen molar-refractivity contribution in [2.24, 2.45) is 0 Å². The fourth-order valence-electron chi connectivity index (χ4n) is 1.61. The van der Waals surface area contributed by atoms with Crippen LogP contribution in [0.15, 0.2) is 10.7 Å². The van der Waals surface area contributed by atoms with Crippen molar-refractivity contribution in [3.05, 3.63) is 16.5 Å². The molecule has 108 valence electrons. The lowest BCUT2D eigenvalue weighted by molar-refractivity contribution is 0.396. The summed E-state index contributed by atoms with van der Waals surface area (Å²) in [6, 6.07) is 1.93. The fraction of sp³-hybridized carbons (Fsp3) is 0.714. The summed E-state index contributed by atoms with van der Waals surface area (Å²) in [5.41, 5.74) is -0.0366. The summed E-state index contributed by atoms with van der Waals surface area (Å²) in [7, 11) is 4.20. The number of halogens is 1. The summed E-state index contributed by atoms with van der Waals surface area (Å²) in [5.74, 6) is 1.76. The highest BCUT2D eigenvalue weighted by molar-refractivity contribution is 9.10. The number of rotatable bonds is 6. The molecule has 0 saturated heterocycles. The second-order valence-electron chi connectivity index (χ2n) is 6.09. The van der Waals surface area contributed by atoms with E-state index >= 15 is 0 Å². The van der Waals surface area contributed by atoms with Crippen LogP contribution in [0.2, 0.25) is 0 Å². The Morgan fingerprint density at radius 1 is 1.21 bits per heavy atom. The van der Waals surface area contributed by atoms with Gasteiger partial charge < -0.3 is 10.2 Å². The Bertz CT molecular complexity index is 399. The first kappa shape index (κ1) is 16.4. The molecule has 4 nitrogen and oxygen atoms in total. The molecule has 1 aromatic heterocycles. The van der Waals surface area contributed by atoms with Gasteiger partial charge in [0.2, 0.25) is 0 Å². The standard InChI is InChI=1S/C14H25BrN4/c1-14(2,3)13-17-11(15)10-12(18-13)16-8-6-7-9-19(4)5/h10H,6-9H2,1-5H3,(H,16,17,18). The van der Waals surface area contributed by atoms with Crippen molar-refractivity contribution in [3.8, 4) is 0 Å². The molecule has 0 aliphatic carbocycles. The minimum absolute atomic E-state index is 0.0366. The van der Waals surface area contributed by atoms with Crippen molar-refractivity contribution >= 4 is 21.7 Å². The maximum Gasteiger partial charge on any atom is 0.137 e. The third kappa shape index (κ3) is 6.34. The molecule has 0 atom stereocenters. The zero-order valence-corrected chi connectivity index (χ0v) is 14.2. The molecular formula is C14H25BrN4. The molecule has 0 bridgehead atoms. The molecule has 0 aromatic carbocycles. The maximum absolute atomic E-state index is 4.57. The number of nitrogens with one attached hydrogen (secondary N) is 1. The Hall–Kier alpha value is -0.680. The number of hydrogen-bond donors (Lipinski definition) is 1. The lowest BCUT2D eigenvalue weighted by Crippen LogP contribution is -2.18. The molecule has 0 fully saturated rings. The Morgan fingerprint density at radius 3 is 2.47 bits per heavy atom. The van der Waals surface area contributed by atoms with Crippen molar-refractivity contribution in [3.63, 3.8) is 0 Å². The number of nitrogens with zero attached hydrogens (tertiary/aromatic N) is 3. The molecule has 0 radical (unpaired) electrons. The van der Waals surface area contributed by atoms with Crippen molar-refractivity contribution in [1.29, 1.82) is 0 Å². The number of hydrogen-bond acceptors (Lipinski definition) is 4. The topological polar surface area (TPSA) is 41.0 Å². The fourth-order valence-corrected chi connectivity index (χ4v) is 2.00. The zero-order valence-electron chi connectivity index (χ0n) is 12.6. The van der Waals surface area contributed by atoms with Crippen LogP contribution in [-0.4, -0.2) is 42.1 Å². The molecule has 1 N–H and O–H groups in total. The largest absolute Gasteiger partial charge is 0.370 e. The van der Waals surface area contributed by atoms with Crippen molar-refractivity contribution in [1.82, 2.24) is 14.9 Å². The molecule has 0 saturated carbocycles. The average molecular weight is 329 g/mol. The monoisotopic (exact) mass is 328 g/mol. The molecule has 0 aliphatic rings. The minimum atomic E-state index is -0.0366. The first-order chi connectivity index (χ1) is 8.79.